The standard InChI is InChI=1S/C24H23FN6O3S/c1-2-34-19-6-4-3-5-18(19)27-22(32)15-35-23-12-11-20-28-29-21(31(20)30-23)13-14-26-24(33)16-7-9-17(25)10-8-16/h3-12H,2,13-15H2,1H3,(H,26,33)(H,27,32). The number of carbonyl (C=O) groups is 2. The number of halogens is 1. The zero-order valence-electron chi connectivity index (χ0n) is 18.9. The molecule has 2 amide bonds. The van der Waals surface area contributed by atoms with E-state index in [0.29, 0.717) is 53.1 Å². The van der Waals surface area contributed by atoms with Gasteiger partial charge in [0.1, 0.15) is 16.6 Å². The molecule has 35 heavy (non-hydrogen) atoms. The SMILES string of the molecule is CCOc1ccccc1NC(=O)CSc1ccc2nnc(CCNC(=O)c3ccc(F)cc3)n2n1. The van der Waals surface area contributed by atoms with E-state index >= 15 is 0 Å². The highest BCUT2D eigenvalue weighted by Crippen LogP contribution is 2.24. The number of ether oxygens (including phenoxy) is 1. The Bertz CT molecular complexity index is 1330. The topological polar surface area (TPSA) is 111 Å². The average molecular weight is 495 g/mol. The first-order chi connectivity index (χ1) is 17.0. The van der Waals surface area contributed by atoms with E-state index in [1.165, 1.54) is 36.0 Å². The monoisotopic (exact) mass is 494 g/mol. The molecule has 0 saturated heterocycles. The molecule has 11 heteroatoms. The zero-order valence-corrected chi connectivity index (χ0v) is 19.7. The molecule has 0 saturated carbocycles. The number of rotatable bonds is 10. The van der Waals surface area contributed by atoms with Gasteiger partial charge in [-0.1, -0.05) is 23.9 Å². The minimum atomic E-state index is -0.399. The third kappa shape index (κ3) is 6.33. The maximum absolute atomic E-state index is 13.0. The molecule has 180 valence electrons. The molecule has 0 aliphatic carbocycles. The van der Waals surface area contributed by atoms with E-state index in [9.17, 15) is 14.0 Å². The molecule has 0 radical (unpaired) electrons. The molecule has 9 nitrogen and oxygen atoms in total. The predicted octanol–water partition coefficient (Wildman–Crippen LogP) is 3.37. The number of nitrogens with one attached hydrogen (secondary N) is 2. The summed E-state index contributed by atoms with van der Waals surface area (Å²) >= 11 is 1.28. The fraction of sp³-hybridized carbons (Fsp3) is 0.208. The number of hydrogen-bond donors (Lipinski definition) is 2. The van der Waals surface area contributed by atoms with Crippen molar-refractivity contribution in [2.45, 2.75) is 18.4 Å². The van der Waals surface area contributed by atoms with Gasteiger partial charge in [-0.15, -0.1) is 10.2 Å². The number of hydrogen-bond acceptors (Lipinski definition) is 7. The fourth-order valence-corrected chi connectivity index (χ4v) is 3.87. The summed E-state index contributed by atoms with van der Waals surface area (Å²) in [4.78, 5) is 24.7. The number of amides is 2. The molecule has 0 aliphatic rings. The lowest BCUT2D eigenvalue weighted by Crippen LogP contribution is -2.26. The van der Waals surface area contributed by atoms with Gasteiger partial charge in [0.25, 0.3) is 5.91 Å². The van der Waals surface area contributed by atoms with Crippen LogP contribution in [-0.2, 0) is 11.2 Å². The highest BCUT2D eigenvalue weighted by Gasteiger charge is 2.12. The van der Waals surface area contributed by atoms with E-state index in [4.69, 9.17) is 4.74 Å². The van der Waals surface area contributed by atoms with Crippen molar-refractivity contribution < 1.29 is 18.7 Å². The van der Waals surface area contributed by atoms with Gasteiger partial charge >= 0.3 is 0 Å². The number of carbonyl (C=O) groups excluding carboxylic acids is 2. The normalized spacial score (nSPS) is 10.8. The smallest absolute Gasteiger partial charge is 0.251 e. The third-order valence-electron chi connectivity index (χ3n) is 4.86. The van der Waals surface area contributed by atoms with Gasteiger partial charge in [-0.25, -0.2) is 4.39 Å². The van der Waals surface area contributed by atoms with E-state index in [1.807, 2.05) is 19.1 Å². The summed E-state index contributed by atoms with van der Waals surface area (Å²) < 4.78 is 20.2. The molecule has 0 fully saturated rings. The number of para-hydroxylation sites is 2. The van der Waals surface area contributed by atoms with Crippen molar-refractivity contribution in [1.29, 1.82) is 0 Å². The van der Waals surface area contributed by atoms with Crippen LogP contribution in [0.5, 0.6) is 5.75 Å². The Kier molecular flexibility index (Phi) is 7.88. The molecular formula is C24H23FN6O3S. The van der Waals surface area contributed by atoms with Crippen LogP contribution in [0.2, 0.25) is 0 Å². The molecule has 2 N–H and O–H groups in total. The van der Waals surface area contributed by atoms with Crippen LogP contribution in [0.4, 0.5) is 10.1 Å². The lowest BCUT2D eigenvalue weighted by molar-refractivity contribution is -0.113. The summed E-state index contributed by atoms with van der Waals surface area (Å²) in [5, 5.41) is 19.0. The average Bonchev–Trinajstić information content (AvgIpc) is 3.26. The van der Waals surface area contributed by atoms with E-state index in [0.717, 1.165) is 0 Å². The van der Waals surface area contributed by atoms with E-state index < -0.39 is 5.82 Å². The highest BCUT2D eigenvalue weighted by atomic mass is 32.2. The zero-order chi connectivity index (χ0) is 24.6. The molecule has 0 aliphatic heterocycles. The maximum Gasteiger partial charge on any atom is 0.251 e. The van der Waals surface area contributed by atoms with Crippen molar-refractivity contribution in [1.82, 2.24) is 25.1 Å². The van der Waals surface area contributed by atoms with Crippen LogP contribution in [-0.4, -0.2) is 50.5 Å². The first-order valence-electron chi connectivity index (χ1n) is 10.9. The van der Waals surface area contributed by atoms with Crippen molar-refractivity contribution in [3.63, 3.8) is 0 Å². The quantitative estimate of drug-likeness (QED) is 0.325. The van der Waals surface area contributed by atoms with Gasteiger partial charge in [0.2, 0.25) is 5.91 Å². The van der Waals surface area contributed by atoms with Gasteiger partial charge in [-0.3, -0.25) is 9.59 Å². The first kappa shape index (κ1) is 24.1. The van der Waals surface area contributed by atoms with E-state index in [2.05, 4.69) is 25.9 Å². The number of benzene rings is 2. The molecule has 0 unspecified atom stereocenters. The fourth-order valence-electron chi connectivity index (χ4n) is 3.22. The summed E-state index contributed by atoms with van der Waals surface area (Å²) in [7, 11) is 0. The Morgan fingerprint density at radius 1 is 1.06 bits per heavy atom. The molecule has 2 aromatic carbocycles. The molecule has 2 heterocycles. The van der Waals surface area contributed by atoms with Crippen LogP contribution >= 0.6 is 11.8 Å². The van der Waals surface area contributed by atoms with Crippen LogP contribution < -0.4 is 15.4 Å². The second kappa shape index (κ2) is 11.4. The van der Waals surface area contributed by atoms with Crippen molar-refractivity contribution in [2.75, 3.05) is 24.2 Å². The molecule has 2 aromatic heterocycles. The number of fused-ring (bicyclic) bond motifs is 1. The molecular weight excluding hydrogens is 471 g/mol. The van der Waals surface area contributed by atoms with Gasteiger partial charge in [-0.05, 0) is 55.5 Å². The summed E-state index contributed by atoms with van der Waals surface area (Å²) in [6, 6.07) is 16.1. The Hall–Kier alpha value is -3.99. The number of anilines is 1. The molecule has 4 rings (SSSR count). The molecule has 0 spiro atoms. The summed E-state index contributed by atoms with van der Waals surface area (Å²) in [5.41, 5.74) is 1.55. The number of aromatic nitrogens is 4. The summed E-state index contributed by atoms with van der Waals surface area (Å²) in [6.07, 6.45) is 0.393. The molecule has 4 aromatic rings. The number of nitrogens with zero attached hydrogens (tertiary/aromatic N) is 4. The minimum absolute atomic E-state index is 0.157. The van der Waals surface area contributed by atoms with E-state index in [-0.39, 0.29) is 17.6 Å². The Labute approximate surface area is 205 Å². The van der Waals surface area contributed by atoms with Gasteiger partial charge in [0.15, 0.2) is 11.5 Å². The van der Waals surface area contributed by atoms with Gasteiger partial charge in [-0.2, -0.15) is 9.61 Å². The largest absolute Gasteiger partial charge is 0.492 e. The van der Waals surface area contributed by atoms with Gasteiger partial charge < -0.3 is 15.4 Å². The maximum atomic E-state index is 13.0. The van der Waals surface area contributed by atoms with Crippen LogP contribution in [0.15, 0.2) is 65.7 Å². The lowest BCUT2D eigenvalue weighted by atomic mass is 10.2. The number of thioether (sulfide) groups is 1. The predicted molar refractivity (Wildman–Crippen MR) is 130 cm³/mol. The van der Waals surface area contributed by atoms with Crippen LogP contribution in [0, 0.1) is 5.82 Å². The second-order valence-electron chi connectivity index (χ2n) is 7.34. The van der Waals surface area contributed by atoms with Gasteiger partial charge in [0.05, 0.1) is 18.0 Å². The highest BCUT2D eigenvalue weighted by molar-refractivity contribution is 7.99. The van der Waals surface area contributed by atoms with Crippen LogP contribution in [0.25, 0.3) is 5.65 Å². The third-order valence-corrected chi connectivity index (χ3v) is 5.78. The summed E-state index contributed by atoms with van der Waals surface area (Å²) in [6.45, 7) is 2.69. The van der Waals surface area contributed by atoms with E-state index in [1.54, 1.807) is 28.8 Å². The van der Waals surface area contributed by atoms with Crippen molar-refractivity contribution >= 4 is 34.9 Å². The Morgan fingerprint density at radius 3 is 2.66 bits per heavy atom. The van der Waals surface area contributed by atoms with Gasteiger partial charge in [0, 0.05) is 18.5 Å². The molecule has 0 atom stereocenters. The Balaban J connectivity index is 1.33. The van der Waals surface area contributed by atoms with Crippen molar-refractivity contribution in [3.05, 3.63) is 77.9 Å². The van der Waals surface area contributed by atoms with Crippen molar-refractivity contribution in [3.8, 4) is 5.75 Å². The Morgan fingerprint density at radius 2 is 1.86 bits per heavy atom. The van der Waals surface area contributed by atoms with Crippen molar-refractivity contribution in [2.24, 2.45) is 0 Å². The first-order valence-corrected chi connectivity index (χ1v) is 11.9. The van der Waals surface area contributed by atoms with Crippen LogP contribution in [0.1, 0.15) is 23.1 Å². The molecule has 0 bridgehead atoms. The van der Waals surface area contributed by atoms with Crippen LogP contribution in [0.3, 0.4) is 0 Å². The lowest BCUT2D eigenvalue weighted by Gasteiger charge is -2.11. The minimum Gasteiger partial charge on any atom is -0.492 e. The summed E-state index contributed by atoms with van der Waals surface area (Å²) in [5.74, 6) is 0.454. The second-order valence-corrected chi connectivity index (χ2v) is 8.33.